The van der Waals surface area contributed by atoms with Gasteiger partial charge in [0.2, 0.25) is 0 Å². The molecule has 7 rings (SSSR count). The Morgan fingerprint density at radius 1 is 0.978 bits per heavy atom. The zero-order chi connectivity index (χ0) is 32.2. The van der Waals surface area contributed by atoms with Gasteiger partial charge < -0.3 is 9.80 Å². The number of likely N-dealkylation sites (N-methyl/N-ethyl adjacent to an activating group) is 1. The van der Waals surface area contributed by atoms with Crippen molar-refractivity contribution in [2.75, 3.05) is 26.7 Å². The molecule has 0 radical (unpaired) electrons. The lowest BCUT2D eigenvalue weighted by Gasteiger charge is -2.27. The van der Waals surface area contributed by atoms with Gasteiger partial charge in [0.05, 0.1) is 16.8 Å². The maximum atomic E-state index is 14.0. The van der Waals surface area contributed by atoms with E-state index in [1.54, 1.807) is 36.7 Å². The molecule has 1 amide bonds. The van der Waals surface area contributed by atoms with Crippen LogP contribution in [0.3, 0.4) is 0 Å². The highest BCUT2D eigenvalue weighted by molar-refractivity contribution is 7.90. The summed E-state index contributed by atoms with van der Waals surface area (Å²) in [6, 6.07) is 18.6. The monoisotopic (exact) mass is 633 g/mol. The van der Waals surface area contributed by atoms with Gasteiger partial charge in [-0.2, -0.15) is 0 Å². The topological polar surface area (TPSA) is 88.4 Å². The lowest BCUT2D eigenvalue weighted by molar-refractivity contribution is 0.0787. The smallest absolute Gasteiger partial charge is 0.269 e. The number of carbonyl (C=O) groups is 1. The molecule has 8 nitrogen and oxygen atoms in total. The normalized spacial score (nSPS) is 17.0. The molecule has 0 aliphatic carbocycles. The summed E-state index contributed by atoms with van der Waals surface area (Å²) in [4.78, 5) is 27.5. The number of benzene rings is 3. The van der Waals surface area contributed by atoms with Crippen molar-refractivity contribution < 1.29 is 13.2 Å². The summed E-state index contributed by atoms with van der Waals surface area (Å²) in [5.74, 6) is 0.583. The van der Waals surface area contributed by atoms with Crippen molar-refractivity contribution in [2.24, 2.45) is 5.92 Å². The summed E-state index contributed by atoms with van der Waals surface area (Å²) in [5.41, 5.74) is 9.30. The summed E-state index contributed by atoms with van der Waals surface area (Å²) in [7, 11) is -1.83. The lowest BCUT2D eigenvalue weighted by atomic mass is 9.92. The van der Waals surface area contributed by atoms with E-state index in [1.165, 1.54) is 20.7 Å². The van der Waals surface area contributed by atoms with Crippen molar-refractivity contribution in [3.05, 3.63) is 101 Å². The average molecular weight is 634 g/mol. The number of aryl methyl sites for hydroxylation is 2. The van der Waals surface area contributed by atoms with Gasteiger partial charge in [0.25, 0.3) is 15.9 Å². The van der Waals surface area contributed by atoms with Gasteiger partial charge in [-0.3, -0.25) is 4.79 Å². The molecule has 0 saturated carbocycles. The molecule has 46 heavy (non-hydrogen) atoms. The standard InChI is InChI=1S/C37H39N5O3S/c1-5-26-14-17-41(21-26)37(43)28-10-8-27(9-11-28)33-23-42(46(44,45)31-12-6-24(2)7-13-31)36-35(33)39-34(20-38-36)29-18-25(3)32-15-16-40(4)22-30(32)19-29/h6-13,18-20,23,26H,5,14-17,21-22H2,1-4H3/t26-/m0/s1. The fourth-order valence-electron chi connectivity index (χ4n) is 6.86. The number of amides is 1. The molecule has 236 valence electrons. The molecule has 0 N–H and O–H groups in total. The highest BCUT2D eigenvalue weighted by Gasteiger charge is 2.27. The maximum absolute atomic E-state index is 14.0. The SMILES string of the molecule is CC[C@H]1CCN(C(=O)c2ccc(-c3cn(S(=O)(=O)c4ccc(C)cc4)c4ncc(-c5cc(C)c6c(c5)CN(C)CC6)nc34)cc2)C1. The predicted molar refractivity (Wildman–Crippen MR) is 181 cm³/mol. The van der Waals surface area contributed by atoms with Gasteiger partial charge in [0.15, 0.2) is 5.65 Å². The Balaban J connectivity index is 1.34. The molecular formula is C37H39N5O3S. The molecule has 1 saturated heterocycles. The highest BCUT2D eigenvalue weighted by Crippen LogP contribution is 2.34. The molecule has 9 heteroatoms. The molecular weight excluding hydrogens is 595 g/mol. The minimum Gasteiger partial charge on any atom is -0.338 e. The Morgan fingerprint density at radius 3 is 2.46 bits per heavy atom. The van der Waals surface area contributed by atoms with Crippen LogP contribution < -0.4 is 0 Å². The van der Waals surface area contributed by atoms with Crippen LogP contribution in [0.4, 0.5) is 0 Å². The molecule has 1 atom stereocenters. The molecule has 2 aliphatic rings. The molecule has 1 fully saturated rings. The van der Waals surface area contributed by atoms with Gasteiger partial charge in [-0.15, -0.1) is 0 Å². The Labute approximate surface area is 270 Å². The second-order valence-corrected chi connectivity index (χ2v) is 14.7. The van der Waals surface area contributed by atoms with Crippen LogP contribution in [0.15, 0.2) is 78.0 Å². The Hall–Kier alpha value is -4.34. The summed E-state index contributed by atoms with van der Waals surface area (Å²) >= 11 is 0. The van der Waals surface area contributed by atoms with E-state index in [0.29, 0.717) is 28.3 Å². The van der Waals surface area contributed by atoms with E-state index in [2.05, 4.69) is 37.9 Å². The number of likely N-dealkylation sites (tertiary alicyclic amines) is 1. The van der Waals surface area contributed by atoms with Crippen molar-refractivity contribution in [1.29, 1.82) is 0 Å². The molecule has 2 aromatic heterocycles. The van der Waals surface area contributed by atoms with Crippen molar-refractivity contribution in [3.63, 3.8) is 0 Å². The van der Waals surface area contributed by atoms with Gasteiger partial charge >= 0.3 is 0 Å². The summed E-state index contributed by atoms with van der Waals surface area (Å²) in [6.45, 7) is 9.71. The van der Waals surface area contributed by atoms with E-state index in [-0.39, 0.29) is 16.4 Å². The zero-order valence-electron chi connectivity index (χ0n) is 26.8. The largest absolute Gasteiger partial charge is 0.338 e. The van der Waals surface area contributed by atoms with Crippen LogP contribution in [0.2, 0.25) is 0 Å². The Morgan fingerprint density at radius 2 is 1.74 bits per heavy atom. The molecule has 3 aromatic carbocycles. The summed E-state index contributed by atoms with van der Waals surface area (Å²) < 4.78 is 29.2. The fourth-order valence-corrected chi connectivity index (χ4v) is 8.17. The molecule has 5 aromatic rings. The second-order valence-electron chi connectivity index (χ2n) is 12.9. The lowest BCUT2D eigenvalue weighted by Crippen LogP contribution is -2.28. The molecule has 0 bridgehead atoms. The maximum Gasteiger partial charge on any atom is 0.269 e. The Kier molecular flexibility index (Phi) is 7.77. The third kappa shape index (κ3) is 5.41. The third-order valence-electron chi connectivity index (χ3n) is 9.68. The first kappa shape index (κ1) is 30.3. The van der Waals surface area contributed by atoms with E-state index >= 15 is 0 Å². The van der Waals surface area contributed by atoms with Crippen LogP contribution in [0.1, 0.15) is 52.4 Å². The first-order valence-electron chi connectivity index (χ1n) is 16.0. The van der Waals surface area contributed by atoms with Crippen molar-refractivity contribution in [3.8, 4) is 22.4 Å². The van der Waals surface area contributed by atoms with Gasteiger partial charge in [-0.1, -0.05) is 43.2 Å². The van der Waals surface area contributed by atoms with E-state index in [4.69, 9.17) is 9.97 Å². The fraction of sp³-hybridized carbons (Fsp3) is 0.324. The van der Waals surface area contributed by atoms with Crippen LogP contribution in [-0.4, -0.2) is 64.7 Å². The number of rotatable bonds is 6. The van der Waals surface area contributed by atoms with Crippen molar-refractivity contribution in [1.82, 2.24) is 23.7 Å². The number of nitrogens with zero attached hydrogens (tertiary/aromatic N) is 5. The number of carbonyl (C=O) groups excluding carboxylic acids is 1. The third-order valence-corrected chi connectivity index (χ3v) is 11.3. The molecule has 2 aliphatic heterocycles. The van der Waals surface area contributed by atoms with Crippen molar-refractivity contribution >= 4 is 27.1 Å². The first-order chi connectivity index (χ1) is 22.1. The van der Waals surface area contributed by atoms with Gasteiger partial charge in [0, 0.05) is 49.1 Å². The molecule has 4 heterocycles. The van der Waals surface area contributed by atoms with E-state index in [9.17, 15) is 13.2 Å². The summed E-state index contributed by atoms with van der Waals surface area (Å²) in [5, 5.41) is 0. The number of hydrogen-bond acceptors (Lipinski definition) is 6. The van der Waals surface area contributed by atoms with E-state index in [0.717, 1.165) is 62.1 Å². The van der Waals surface area contributed by atoms with Crippen molar-refractivity contribution in [2.45, 2.75) is 51.5 Å². The van der Waals surface area contributed by atoms with Gasteiger partial charge in [-0.05, 0) is 98.3 Å². The highest BCUT2D eigenvalue weighted by atomic mass is 32.2. The quantitative estimate of drug-likeness (QED) is 0.213. The second kappa shape index (κ2) is 11.8. The minimum absolute atomic E-state index is 0.0300. The number of fused-ring (bicyclic) bond motifs is 2. The first-order valence-corrected chi connectivity index (χ1v) is 17.5. The van der Waals surface area contributed by atoms with Crippen LogP contribution in [0, 0.1) is 19.8 Å². The zero-order valence-corrected chi connectivity index (χ0v) is 27.6. The Bertz CT molecular complexity index is 2070. The molecule has 0 unspecified atom stereocenters. The number of aromatic nitrogens is 3. The van der Waals surface area contributed by atoms with Crippen LogP contribution >= 0.6 is 0 Å². The van der Waals surface area contributed by atoms with Crippen LogP contribution in [0.25, 0.3) is 33.5 Å². The van der Waals surface area contributed by atoms with Gasteiger partial charge in [0.1, 0.15) is 5.52 Å². The summed E-state index contributed by atoms with van der Waals surface area (Å²) in [6.07, 6.45) is 6.41. The van der Waals surface area contributed by atoms with Crippen LogP contribution in [0.5, 0.6) is 0 Å². The van der Waals surface area contributed by atoms with E-state index in [1.807, 2.05) is 36.1 Å². The minimum atomic E-state index is -3.96. The average Bonchev–Trinajstić information content (AvgIpc) is 3.70. The van der Waals surface area contributed by atoms with Gasteiger partial charge in [-0.25, -0.2) is 22.4 Å². The number of hydrogen-bond donors (Lipinski definition) is 0. The van der Waals surface area contributed by atoms with Crippen LogP contribution in [-0.2, 0) is 23.0 Å². The van der Waals surface area contributed by atoms with E-state index < -0.39 is 10.0 Å². The molecule has 0 spiro atoms. The predicted octanol–water partition coefficient (Wildman–Crippen LogP) is 6.48.